The number of hydrogen-bond donors (Lipinski definition) is 1. The smallest absolute Gasteiger partial charge is 0.334 e. The summed E-state index contributed by atoms with van der Waals surface area (Å²) in [6.45, 7) is 6.84. The van der Waals surface area contributed by atoms with Gasteiger partial charge in [-0.15, -0.1) is 0 Å². The first-order valence-electron chi connectivity index (χ1n) is 4.94. The van der Waals surface area contributed by atoms with Crippen molar-refractivity contribution in [1.29, 1.82) is 0 Å². The van der Waals surface area contributed by atoms with Crippen molar-refractivity contribution in [2.45, 2.75) is 39.7 Å². The van der Waals surface area contributed by atoms with Crippen LogP contribution in [0.25, 0.3) is 0 Å². The van der Waals surface area contributed by atoms with Gasteiger partial charge in [0.25, 0.3) is 0 Å². The largest absolute Gasteiger partial charge is 0.459 e. The van der Waals surface area contributed by atoms with Crippen molar-refractivity contribution < 1.29 is 18.2 Å². The zero-order valence-corrected chi connectivity index (χ0v) is 11.6. The SMILES string of the molecule is CC(C)(C)OC(=O)C(C)(CCN)C(=O)OBr. The van der Waals surface area contributed by atoms with Crippen molar-refractivity contribution in [3.8, 4) is 0 Å². The van der Waals surface area contributed by atoms with Gasteiger partial charge >= 0.3 is 11.9 Å². The van der Waals surface area contributed by atoms with Gasteiger partial charge < -0.3 is 14.3 Å². The van der Waals surface area contributed by atoms with Crippen molar-refractivity contribution in [3.05, 3.63) is 0 Å². The van der Waals surface area contributed by atoms with Gasteiger partial charge in [-0.2, -0.15) is 0 Å². The summed E-state index contributed by atoms with van der Waals surface area (Å²) in [6.07, 6.45) is 0.173. The molecule has 0 aromatic heterocycles. The molecular weight excluding hydrogens is 278 g/mol. The Morgan fingerprint density at radius 3 is 2.00 bits per heavy atom. The molecule has 0 heterocycles. The highest BCUT2D eigenvalue weighted by molar-refractivity contribution is 9.06. The van der Waals surface area contributed by atoms with Crippen molar-refractivity contribution >= 4 is 28.2 Å². The molecule has 2 N–H and O–H groups in total. The fourth-order valence-electron chi connectivity index (χ4n) is 1.05. The van der Waals surface area contributed by atoms with Gasteiger partial charge in [0.15, 0.2) is 21.7 Å². The lowest BCUT2D eigenvalue weighted by Crippen LogP contribution is -2.43. The van der Waals surface area contributed by atoms with E-state index >= 15 is 0 Å². The average Bonchev–Trinajstić information content (AvgIpc) is 2.14. The number of carbonyl (C=O) groups excluding carboxylic acids is 2. The van der Waals surface area contributed by atoms with E-state index in [1.807, 2.05) is 0 Å². The van der Waals surface area contributed by atoms with Crippen LogP contribution in [0.15, 0.2) is 0 Å². The minimum Gasteiger partial charge on any atom is -0.459 e. The van der Waals surface area contributed by atoms with E-state index in [4.69, 9.17) is 10.5 Å². The van der Waals surface area contributed by atoms with Gasteiger partial charge in [-0.25, -0.2) is 4.79 Å². The number of hydrogen-bond acceptors (Lipinski definition) is 5. The van der Waals surface area contributed by atoms with Gasteiger partial charge in [-0.3, -0.25) is 4.79 Å². The molecule has 1 unspecified atom stereocenters. The fraction of sp³-hybridized carbons (Fsp3) is 0.800. The van der Waals surface area contributed by atoms with Crippen LogP contribution in [0.3, 0.4) is 0 Å². The normalized spacial score (nSPS) is 15.1. The monoisotopic (exact) mass is 295 g/mol. The lowest BCUT2D eigenvalue weighted by atomic mass is 9.87. The highest BCUT2D eigenvalue weighted by Gasteiger charge is 2.45. The van der Waals surface area contributed by atoms with Crippen LogP contribution in [0.2, 0.25) is 0 Å². The second kappa shape index (κ2) is 5.63. The standard InChI is InChI=1S/C10H18BrNO4/c1-9(2,3)15-7(13)10(4,5-6-12)8(14)16-11/h5-6,12H2,1-4H3. The molecule has 0 fully saturated rings. The van der Waals surface area contributed by atoms with Gasteiger partial charge in [0.1, 0.15) is 5.60 Å². The van der Waals surface area contributed by atoms with Crippen LogP contribution in [-0.4, -0.2) is 24.1 Å². The molecule has 0 amide bonds. The molecule has 0 spiro atoms. The third kappa shape index (κ3) is 4.09. The quantitative estimate of drug-likeness (QED) is 0.629. The van der Waals surface area contributed by atoms with Crippen LogP contribution in [0.1, 0.15) is 34.1 Å². The molecule has 0 aromatic carbocycles. The van der Waals surface area contributed by atoms with Crippen LogP contribution in [0.4, 0.5) is 0 Å². The van der Waals surface area contributed by atoms with E-state index in [1.165, 1.54) is 6.92 Å². The van der Waals surface area contributed by atoms with Crippen molar-refractivity contribution in [2.24, 2.45) is 11.1 Å². The zero-order chi connectivity index (χ0) is 13.0. The van der Waals surface area contributed by atoms with E-state index in [2.05, 4.69) is 20.1 Å². The van der Waals surface area contributed by atoms with Crippen LogP contribution in [-0.2, 0) is 18.2 Å². The average molecular weight is 296 g/mol. The Kier molecular flexibility index (Phi) is 5.41. The first-order valence-corrected chi connectivity index (χ1v) is 5.58. The maximum atomic E-state index is 11.9. The number of nitrogens with two attached hydrogens (primary N) is 1. The molecule has 1 atom stereocenters. The molecule has 0 aliphatic carbocycles. The Hall–Kier alpha value is -0.620. The minimum atomic E-state index is -1.37. The summed E-state index contributed by atoms with van der Waals surface area (Å²) in [6, 6.07) is 0. The Balaban J connectivity index is 4.91. The van der Waals surface area contributed by atoms with Crippen LogP contribution >= 0.6 is 16.3 Å². The van der Waals surface area contributed by atoms with E-state index < -0.39 is 23.0 Å². The topological polar surface area (TPSA) is 78.6 Å². The molecule has 0 aliphatic heterocycles. The Bertz CT molecular complexity index is 274. The van der Waals surface area contributed by atoms with Gasteiger partial charge in [0.2, 0.25) is 0 Å². The van der Waals surface area contributed by atoms with Crippen molar-refractivity contribution in [2.75, 3.05) is 6.54 Å². The fourth-order valence-corrected chi connectivity index (χ4v) is 1.41. The highest BCUT2D eigenvalue weighted by atomic mass is 79.9. The molecule has 0 saturated carbocycles. The molecule has 6 heteroatoms. The number of ether oxygens (including phenoxy) is 1. The van der Waals surface area contributed by atoms with Crippen LogP contribution < -0.4 is 5.73 Å². The second-order valence-corrected chi connectivity index (χ2v) is 5.06. The molecule has 0 rings (SSSR count). The van der Waals surface area contributed by atoms with E-state index in [-0.39, 0.29) is 13.0 Å². The van der Waals surface area contributed by atoms with Gasteiger partial charge in [-0.05, 0) is 40.7 Å². The summed E-state index contributed by atoms with van der Waals surface area (Å²) >= 11 is 2.57. The summed E-state index contributed by atoms with van der Waals surface area (Å²) in [5.41, 5.74) is 3.36. The number of rotatable bonds is 4. The molecule has 5 nitrogen and oxygen atoms in total. The lowest BCUT2D eigenvalue weighted by Gasteiger charge is -2.28. The minimum absolute atomic E-state index is 0.173. The van der Waals surface area contributed by atoms with Gasteiger partial charge in [0, 0.05) is 0 Å². The summed E-state index contributed by atoms with van der Waals surface area (Å²) in [5, 5.41) is 0. The summed E-state index contributed by atoms with van der Waals surface area (Å²) in [4.78, 5) is 23.4. The molecule has 0 bridgehead atoms. The molecule has 0 saturated heterocycles. The number of esters is 1. The second-order valence-electron chi connectivity index (χ2n) is 4.74. The lowest BCUT2D eigenvalue weighted by molar-refractivity contribution is -0.174. The predicted molar refractivity (Wildman–Crippen MR) is 62.6 cm³/mol. The van der Waals surface area contributed by atoms with Crippen LogP contribution in [0, 0.1) is 5.41 Å². The van der Waals surface area contributed by atoms with Crippen molar-refractivity contribution in [1.82, 2.24) is 0 Å². The van der Waals surface area contributed by atoms with E-state index in [9.17, 15) is 9.59 Å². The molecule has 0 radical (unpaired) electrons. The predicted octanol–water partition coefficient (Wildman–Crippen LogP) is 1.54. The Labute approximate surface area is 104 Å². The van der Waals surface area contributed by atoms with E-state index in [0.717, 1.165) is 0 Å². The molecule has 0 aromatic rings. The molecule has 94 valence electrons. The maximum Gasteiger partial charge on any atom is 0.334 e. The molecule has 0 aliphatic rings. The summed E-state index contributed by atoms with van der Waals surface area (Å²) in [5.74, 6) is -1.33. The summed E-state index contributed by atoms with van der Waals surface area (Å²) < 4.78 is 9.58. The molecule has 16 heavy (non-hydrogen) atoms. The Morgan fingerprint density at radius 2 is 1.69 bits per heavy atom. The third-order valence-corrected chi connectivity index (χ3v) is 2.31. The van der Waals surface area contributed by atoms with Gasteiger partial charge in [-0.1, -0.05) is 0 Å². The first kappa shape index (κ1) is 15.4. The van der Waals surface area contributed by atoms with E-state index in [0.29, 0.717) is 0 Å². The number of carbonyl (C=O) groups is 2. The zero-order valence-electron chi connectivity index (χ0n) is 10.0. The number of halogens is 1. The molecular formula is C10H18BrNO4. The Morgan fingerprint density at radius 1 is 1.19 bits per heavy atom. The summed E-state index contributed by atoms with van der Waals surface area (Å²) in [7, 11) is 0. The van der Waals surface area contributed by atoms with Crippen molar-refractivity contribution in [3.63, 3.8) is 0 Å². The highest BCUT2D eigenvalue weighted by Crippen LogP contribution is 2.28. The first-order chi connectivity index (χ1) is 7.17. The third-order valence-electron chi connectivity index (χ3n) is 2.01. The van der Waals surface area contributed by atoms with Crippen LogP contribution in [0.5, 0.6) is 0 Å². The maximum absolute atomic E-state index is 11.9. The van der Waals surface area contributed by atoms with Gasteiger partial charge in [0.05, 0.1) is 0 Å². The van der Waals surface area contributed by atoms with E-state index in [1.54, 1.807) is 20.8 Å².